The van der Waals surface area contributed by atoms with Crippen LogP contribution in [0.5, 0.6) is 5.75 Å². The average molecular weight is 460 g/mol. The first-order valence-corrected chi connectivity index (χ1v) is 12.8. The van der Waals surface area contributed by atoms with Crippen molar-refractivity contribution in [3.63, 3.8) is 0 Å². The molecule has 174 valence electrons. The van der Waals surface area contributed by atoms with Gasteiger partial charge in [-0.3, -0.25) is 9.10 Å². The summed E-state index contributed by atoms with van der Waals surface area (Å²) in [6.07, 6.45) is 1.56. The van der Waals surface area contributed by atoms with E-state index in [9.17, 15) is 13.2 Å². The lowest BCUT2D eigenvalue weighted by Gasteiger charge is -2.40. The maximum Gasteiger partial charge on any atom is 0.246 e. The van der Waals surface area contributed by atoms with E-state index >= 15 is 0 Å². The lowest BCUT2D eigenvalue weighted by molar-refractivity contribution is -0.132. The quantitative estimate of drug-likeness (QED) is 0.636. The van der Waals surface area contributed by atoms with Crippen molar-refractivity contribution < 1.29 is 17.9 Å². The lowest BCUT2D eigenvalue weighted by atomic mass is 10.1. The van der Waals surface area contributed by atoms with Crippen LogP contribution in [0.4, 0.5) is 11.4 Å². The van der Waals surface area contributed by atoms with E-state index in [0.717, 1.165) is 28.8 Å². The molecule has 0 aliphatic carbocycles. The molecule has 2 aromatic rings. The van der Waals surface area contributed by atoms with E-state index in [1.54, 1.807) is 18.1 Å². The maximum atomic E-state index is 13.5. The first-order valence-electron chi connectivity index (χ1n) is 10.9. The van der Waals surface area contributed by atoms with Crippen LogP contribution < -0.4 is 13.9 Å². The Morgan fingerprint density at radius 1 is 1.06 bits per heavy atom. The third-order valence-electron chi connectivity index (χ3n) is 6.07. The Kier molecular flexibility index (Phi) is 7.33. The number of para-hydroxylation sites is 2. The van der Waals surface area contributed by atoms with Crippen molar-refractivity contribution in [2.45, 2.75) is 33.2 Å². The van der Waals surface area contributed by atoms with E-state index in [2.05, 4.69) is 4.90 Å². The predicted molar refractivity (Wildman–Crippen MR) is 129 cm³/mol. The Bertz CT molecular complexity index is 1060. The molecule has 8 heteroatoms. The molecule has 32 heavy (non-hydrogen) atoms. The van der Waals surface area contributed by atoms with Crippen molar-refractivity contribution >= 4 is 27.3 Å². The van der Waals surface area contributed by atoms with Gasteiger partial charge in [-0.05, 0) is 55.7 Å². The van der Waals surface area contributed by atoms with E-state index in [1.165, 1.54) is 4.31 Å². The first kappa shape index (κ1) is 23.9. The minimum atomic E-state index is -3.65. The molecule has 0 saturated carbocycles. The van der Waals surface area contributed by atoms with Gasteiger partial charge in [-0.2, -0.15) is 0 Å². The monoisotopic (exact) mass is 459 g/mol. The Balaban J connectivity index is 1.80. The van der Waals surface area contributed by atoms with Crippen LogP contribution in [0.15, 0.2) is 42.5 Å². The summed E-state index contributed by atoms with van der Waals surface area (Å²) in [5.41, 5.74) is 3.60. The molecular weight excluding hydrogens is 426 g/mol. The van der Waals surface area contributed by atoms with E-state index in [-0.39, 0.29) is 5.91 Å². The SMILES string of the molecule is CC[C@@H](C(=O)N1CCN(c2ccccc2OC)CC1)N(c1ccc(C)c(C)c1)S(C)(=O)=O. The highest BCUT2D eigenvalue weighted by Gasteiger charge is 2.35. The largest absolute Gasteiger partial charge is 0.495 e. The number of benzene rings is 2. The number of ether oxygens (including phenoxy) is 1. The second kappa shape index (κ2) is 9.81. The summed E-state index contributed by atoms with van der Waals surface area (Å²) in [7, 11) is -2.00. The summed E-state index contributed by atoms with van der Waals surface area (Å²) in [5.74, 6) is 0.646. The second-order valence-corrected chi connectivity index (χ2v) is 10.1. The highest BCUT2D eigenvalue weighted by molar-refractivity contribution is 7.92. The molecule has 0 spiro atoms. The number of anilines is 2. The van der Waals surface area contributed by atoms with Gasteiger partial charge in [0.05, 0.1) is 24.7 Å². The summed E-state index contributed by atoms with van der Waals surface area (Å²) in [6.45, 7) is 8.14. The van der Waals surface area contributed by atoms with Crippen LogP contribution in [0.2, 0.25) is 0 Å². The third-order valence-corrected chi connectivity index (χ3v) is 7.25. The average Bonchev–Trinajstić information content (AvgIpc) is 2.78. The Morgan fingerprint density at radius 3 is 2.28 bits per heavy atom. The van der Waals surface area contributed by atoms with Crippen molar-refractivity contribution in [1.29, 1.82) is 0 Å². The highest BCUT2D eigenvalue weighted by atomic mass is 32.2. The van der Waals surface area contributed by atoms with Crippen LogP contribution in [0.1, 0.15) is 24.5 Å². The van der Waals surface area contributed by atoms with E-state index in [1.807, 2.05) is 57.2 Å². The molecule has 1 heterocycles. The molecule has 1 aliphatic heterocycles. The molecule has 0 radical (unpaired) electrons. The van der Waals surface area contributed by atoms with Crippen molar-refractivity contribution in [2.75, 3.05) is 48.7 Å². The number of carbonyl (C=O) groups is 1. The zero-order chi connectivity index (χ0) is 23.5. The Hall–Kier alpha value is -2.74. The van der Waals surface area contributed by atoms with E-state index < -0.39 is 16.1 Å². The van der Waals surface area contributed by atoms with Gasteiger partial charge in [-0.25, -0.2) is 8.42 Å². The van der Waals surface area contributed by atoms with Crippen LogP contribution in [-0.4, -0.2) is 64.8 Å². The first-order chi connectivity index (χ1) is 15.2. The van der Waals surface area contributed by atoms with Crippen LogP contribution >= 0.6 is 0 Å². The summed E-state index contributed by atoms with van der Waals surface area (Å²) < 4.78 is 32.3. The van der Waals surface area contributed by atoms with Crippen LogP contribution in [0.25, 0.3) is 0 Å². The number of piperazine rings is 1. The number of nitrogens with zero attached hydrogens (tertiary/aromatic N) is 3. The van der Waals surface area contributed by atoms with Crippen molar-refractivity contribution in [3.05, 3.63) is 53.6 Å². The standard InChI is InChI=1S/C24H33N3O4S/c1-6-21(27(32(5,29)30)20-12-11-18(2)19(3)17-20)24(28)26-15-13-25(14-16-26)22-9-7-8-10-23(22)31-4/h7-12,17,21H,6,13-16H2,1-5H3/t21-/m0/s1. The van der Waals surface area contributed by atoms with Crippen molar-refractivity contribution in [1.82, 2.24) is 4.90 Å². The molecular formula is C24H33N3O4S. The molecule has 0 N–H and O–H groups in total. The Labute approximate surface area is 191 Å². The topological polar surface area (TPSA) is 70.2 Å². The molecule has 0 unspecified atom stereocenters. The minimum Gasteiger partial charge on any atom is -0.495 e. The van der Waals surface area contributed by atoms with E-state index in [0.29, 0.717) is 38.3 Å². The number of amides is 1. The molecule has 0 bridgehead atoms. The normalized spacial score (nSPS) is 15.4. The molecule has 3 rings (SSSR count). The fourth-order valence-electron chi connectivity index (χ4n) is 4.18. The Morgan fingerprint density at radius 2 is 1.72 bits per heavy atom. The van der Waals surface area contributed by atoms with Gasteiger partial charge in [0, 0.05) is 26.2 Å². The maximum absolute atomic E-state index is 13.5. The van der Waals surface area contributed by atoms with Crippen LogP contribution in [-0.2, 0) is 14.8 Å². The van der Waals surface area contributed by atoms with Gasteiger partial charge < -0.3 is 14.5 Å². The summed E-state index contributed by atoms with van der Waals surface area (Å²) in [4.78, 5) is 17.5. The van der Waals surface area contributed by atoms with Gasteiger partial charge in [0.2, 0.25) is 15.9 Å². The zero-order valence-electron chi connectivity index (χ0n) is 19.5. The van der Waals surface area contributed by atoms with Gasteiger partial charge in [-0.1, -0.05) is 25.1 Å². The molecule has 1 amide bonds. The van der Waals surface area contributed by atoms with E-state index in [4.69, 9.17) is 4.74 Å². The number of hydrogen-bond donors (Lipinski definition) is 0. The van der Waals surface area contributed by atoms with Gasteiger partial charge in [0.15, 0.2) is 0 Å². The number of hydrogen-bond acceptors (Lipinski definition) is 5. The fraction of sp³-hybridized carbons (Fsp3) is 0.458. The van der Waals surface area contributed by atoms with Crippen LogP contribution in [0, 0.1) is 13.8 Å². The van der Waals surface area contributed by atoms with Gasteiger partial charge >= 0.3 is 0 Å². The second-order valence-electron chi connectivity index (χ2n) is 8.24. The fourth-order valence-corrected chi connectivity index (χ4v) is 5.37. The number of rotatable bonds is 7. The molecule has 1 aliphatic rings. The molecule has 0 aromatic heterocycles. The third kappa shape index (κ3) is 5.01. The molecule has 7 nitrogen and oxygen atoms in total. The summed E-state index contributed by atoms with van der Waals surface area (Å²) in [6, 6.07) is 12.6. The lowest BCUT2D eigenvalue weighted by Crippen LogP contribution is -2.56. The van der Waals surface area contributed by atoms with Crippen molar-refractivity contribution in [3.8, 4) is 5.75 Å². The molecule has 2 aromatic carbocycles. The molecule has 1 saturated heterocycles. The smallest absolute Gasteiger partial charge is 0.246 e. The molecule has 1 fully saturated rings. The van der Waals surface area contributed by atoms with Crippen molar-refractivity contribution in [2.24, 2.45) is 0 Å². The number of methoxy groups -OCH3 is 1. The molecule has 1 atom stereocenters. The number of carbonyl (C=O) groups excluding carboxylic acids is 1. The summed E-state index contributed by atoms with van der Waals surface area (Å²) in [5, 5.41) is 0. The van der Waals surface area contributed by atoms with Gasteiger partial charge in [0.25, 0.3) is 0 Å². The minimum absolute atomic E-state index is 0.157. The summed E-state index contributed by atoms with van der Waals surface area (Å²) >= 11 is 0. The number of sulfonamides is 1. The van der Waals surface area contributed by atoms with Gasteiger partial charge in [0.1, 0.15) is 11.8 Å². The van der Waals surface area contributed by atoms with Crippen LogP contribution in [0.3, 0.4) is 0 Å². The van der Waals surface area contributed by atoms with Gasteiger partial charge in [-0.15, -0.1) is 0 Å². The highest BCUT2D eigenvalue weighted by Crippen LogP contribution is 2.29. The zero-order valence-corrected chi connectivity index (χ0v) is 20.4. The number of aryl methyl sites for hydroxylation is 2. The predicted octanol–water partition coefficient (Wildman–Crippen LogP) is 3.21.